The van der Waals surface area contributed by atoms with Crippen LogP contribution >= 0.6 is 0 Å². The van der Waals surface area contributed by atoms with Gasteiger partial charge in [-0.2, -0.15) is 0 Å². The molecule has 3 N–H and O–H groups in total. The van der Waals surface area contributed by atoms with E-state index in [2.05, 4.69) is 39.8 Å². The summed E-state index contributed by atoms with van der Waals surface area (Å²) < 4.78 is 16.9. The summed E-state index contributed by atoms with van der Waals surface area (Å²) in [5, 5.41) is 32.5. The summed E-state index contributed by atoms with van der Waals surface area (Å²) in [4.78, 5) is 11.5. The van der Waals surface area contributed by atoms with Gasteiger partial charge in [-0.3, -0.25) is 4.79 Å². The first-order valence-electron chi connectivity index (χ1n) is 12.8. The zero-order valence-corrected chi connectivity index (χ0v) is 22.1. The Balaban J connectivity index is 1.89. The van der Waals surface area contributed by atoms with E-state index < -0.39 is 36.7 Å². The van der Waals surface area contributed by atoms with Crippen molar-refractivity contribution in [1.29, 1.82) is 0 Å². The van der Waals surface area contributed by atoms with Crippen LogP contribution < -0.4 is 4.74 Å². The van der Waals surface area contributed by atoms with Crippen LogP contribution in [0.1, 0.15) is 95.8 Å². The van der Waals surface area contributed by atoms with E-state index in [1.54, 1.807) is 6.92 Å². The second-order valence-corrected chi connectivity index (χ2v) is 10.7. The molecule has 0 spiro atoms. The van der Waals surface area contributed by atoms with Gasteiger partial charge < -0.3 is 29.5 Å². The second-order valence-electron chi connectivity index (χ2n) is 10.7. The third-order valence-corrected chi connectivity index (χ3v) is 7.49. The van der Waals surface area contributed by atoms with Crippen LogP contribution in [-0.2, 0) is 14.3 Å². The number of esters is 1. The molecule has 7 heteroatoms. The molecule has 0 saturated carbocycles. The third kappa shape index (κ3) is 6.01. The lowest BCUT2D eigenvalue weighted by Gasteiger charge is -2.41. The first-order valence-corrected chi connectivity index (χ1v) is 12.8. The van der Waals surface area contributed by atoms with Gasteiger partial charge >= 0.3 is 5.97 Å². The van der Waals surface area contributed by atoms with Crippen LogP contribution in [0.15, 0.2) is 17.7 Å². The lowest BCUT2D eigenvalue weighted by molar-refractivity contribution is -0.272. The number of aryl methyl sites for hydroxylation is 1. The van der Waals surface area contributed by atoms with E-state index in [1.165, 1.54) is 18.1 Å². The van der Waals surface area contributed by atoms with Gasteiger partial charge in [-0.25, -0.2) is 0 Å². The normalized spacial score (nSPS) is 31.3. The van der Waals surface area contributed by atoms with Gasteiger partial charge in [0, 0.05) is 12.5 Å². The van der Waals surface area contributed by atoms with E-state index in [0.717, 1.165) is 36.8 Å². The van der Waals surface area contributed by atoms with Gasteiger partial charge in [0.05, 0.1) is 6.10 Å². The summed E-state index contributed by atoms with van der Waals surface area (Å²) >= 11 is 0. The predicted octanol–water partition coefficient (Wildman–Crippen LogP) is 4.84. The Hall–Kier alpha value is -2.09. The quantitative estimate of drug-likeness (QED) is 0.371. The van der Waals surface area contributed by atoms with Gasteiger partial charge in [0.1, 0.15) is 6.10 Å². The van der Waals surface area contributed by atoms with Crippen molar-refractivity contribution in [2.45, 2.75) is 117 Å². The highest BCUT2D eigenvalue weighted by Crippen LogP contribution is 2.51. The average Bonchev–Trinajstić information content (AvgIpc) is 2.76. The lowest BCUT2D eigenvalue weighted by atomic mass is 9.70. The van der Waals surface area contributed by atoms with Gasteiger partial charge in [-0.05, 0) is 82.3 Å². The van der Waals surface area contributed by atoms with Crippen LogP contribution in [0, 0.1) is 12.8 Å². The zero-order chi connectivity index (χ0) is 26.0. The van der Waals surface area contributed by atoms with Crippen LogP contribution in [-0.4, -0.2) is 52.0 Å². The number of rotatable bonds is 7. The number of fused-ring (bicyclic) bond motifs is 1. The van der Waals surface area contributed by atoms with Crippen LogP contribution in [0.5, 0.6) is 11.5 Å². The number of aliphatic hydroxyl groups excluding tert-OH is 2. The molecule has 1 aromatic rings. The topological polar surface area (TPSA) is 105 Å². The number of aliphatic hydroxyl groups is 2. The standard InChI is InChI=1S/C28H42O7/c1-14(2)9-8-10-15(3)20-12-11-16(4)22-21(20)13-17(5)26(24(22)31)35-28-25(32)27(34-19(7)29)23(30)18(6)33-28/h9,13,15-16,18,20,23,25,27-28,30-32H,8,10-12H2,1-7H3/t15-,16-,18+,20+,23+,25+,27-,28-/m0/s1. The third-order valence-electron chi connectivity index (χ3n) is 7.49. The molecule has 0 bridgehead atoms. The SMILES string of the molecule is CC(=O)O[C@@H]1[C@@H](O)[C@H](Oc2c(C)cc3c(c2O)[C@@H](C)CC[C@@H]3[C@@H](C)CCC=C(C)C)O[C@H](C)[C@H]1O. The Morgan fingerprint density at radius 3 is 2.51 bits per heavy atom. The Morgan fingerprint density at radius 2 is 1.89 bits per heavy atom. The summed E-state index contributed by atoms with van der Waals surface area (Å²) in [6.45, 7) is 13.3. The Labute approximate surface area is 209 Å². The minimum atomic E-state index is -1.42. The Bertz CT molecular complexity index is 936. The van der Waals surface area contributed by atoms with Crippen LogP contribution in [0.25, 0.3) is 0 Å². The number of hydrogen-bond acceptors (Lipinski definition) is 7. The number of phenols is 1. The molecule has 1 aromatic carbocycles. The summed E-state index contributed by atoms with van der Waals surface area (Å²) in [5.41, 5.74) is 4.14. The van der Waals surface area contributed by atoms with Crippen molar-refractivity contribution in [1.82, 2.24) is 0 Å². The minimum Gasteiger partial charge on any atom is -0.504 e. The number of aromatic hydroxyl groups is 1. The van der Waals surface area contributed by atoms with E-state index in [1.807, 2.05) is 6.92 Å². The van der Waals surface area contributed by atoms with Gasteiger partial charge in [0.2, 0.25) is 6.29 Å². The molecule has 8 atom stereocenters. The molecule has 1 aliphatic heterocycles. The molecule has 0 amide bonds. The van der Waals surface area contributed by atoms with Crippen molar-refractivity contribution in [3.05, 3.63) is 34.4 Å². The Morgan fingerprint density at radius 1 is 1.20 bits per heavy atom. The van der Waals surface area contributed by atoms with Crippen LogP contribution in [0.3, 0.4) is 0 Å². The summed E-state index contributed by atoms with van der Waals surface area (Å²) in [7, 11) is 0. The molecule has 35 heavy (non-hydrogen) atoms. The first-order chi connectivity index (χ1) is 16.4. The Kier molecular flexibility index (Phi) is 8.89. The molecule has 196 valence electrons. The summed E-state index contributed by atoms with van der Waals surface area (Å²) in [6, 6.07) is 2.10. The highest BCUT2D eigenvalue weighted by Gasteiger charge is 2.46. The molecule has 0 aromatic heterocycles. The monoisotopic (exact) mass is 490 g/mol. The number of allylic oxidation sites excluding steroid dienone is 2. The fourth-order valence-corrected chi connectivity index (χ4v) is 5.49. The maximum absolute atomic E-state index is 11.5. The van der Waals surface area contributed by atoms with Crippen molar-refractivity contribution in [3.63, 3.8) is 0 Å². The van der Waals surface area contributed by atoms with Crippen molar-refractivity contribution in [2.24, 2.45) is 5.92 Å². The number of benzene rings is 1. The smallest absolute Gasteiger partial charge is 0.303 e. The molecular weight excluding hydrogens is 448 g/mol. The highest BCUT2D eigenvalue weighted by atomic mass is 16.7. The van der Waals surface area contributed by atoms with E-state index in [-0.39, 0.29) is 17.4 Å². The summed E-state index contributed by atoms with van der Waals surface area (Å²) in [6.07, 6.45) is 0.707. The van der Waals surface area contributed by atoms with E-state index in [4.69, 9.17) is 14.2 Å². The number of carbonyl (C=O) groups excluding carboxylic acids is 1. The van der Waals surface area contributed by atoms with Crippen molar-refractivity contribution < 1.29 is 34.3 Å². The maximum atomic E-state index is 11.5. The molecule has 1 fully saturated rings. The molecule has 1 saturated heterocycles. The molecule has 3 rings (SSSR count). The number of ether oxygens (including phenoxy) is 3. The summed E-state index contributed by atoms with van der Waals surface area (Å²) in [5.74, 6) is 0.700. The van der Waals surface area contributed by atoms with E-state index in [9.17, 15) is 20.1 Å². The molecule has 7 nitrogen and oxygen atoms in total. The predicted molar refractivity (Wildman–Crippen MR) is 134 cm³/mol. The molecule has 0 unspecified atom stereocenters. The van der Waals surface area contributed by atoms with Gasteiger partial charge in [-0.1, -0.05) is 31.6 Å². The number of hydrogen-bond donors (Lipinski definition) is 3. The fraction of sp³-hybridized carbons (Fsp3) is 0.679. The average molecular weight is 491 g/mol. The van der Waals surface area contributed by atoms with Gasteiger partial charge in [0.25, 0.3) is 0 Å². The van der Waals surface area contributed by atoms with Crippen molar-refractivity contribution >= 4 is 5.97 Å². The largest absolute Gasteiger partial charge is 0.504 e. The van der Waals surface area contributed by atoms with Crippen molar-refractivity contribution in [2.75, 3.05) is 0 Å². The van der Waals surface area contributed by atoms with E-state index >= 15 is 0 Å². The first kappa shape index (κ1) is 27.5. The van der Waals surface area contributed by atoms with Gasteiger partial charge in [0.15, 0.2) is 23.7 Å². The van der Waals surface area contributed by atoms with Crippen molar-refractivity contribution in [3.8, 4) is 11.5 Å². The molecular formula is C28H42O7. The van der Waals surface area contributed by atoms with Crippen LogP contribution in [0.2, 0.25) is 0 Å². The number of carbonyl (C=O) groups is 1. The molecule has 1 heterocycles. The van der Waals surface area contributed by atoms with Crippen LogP contribution in [0.4, 0.5) is 0 Å². The highest BCUT2D eigenvalue weighted by molar-refractivity contribution is 5.66. The maximum Gasteiger partial charge on any atom is 0.303 e. The fourth-order valence-electron chi connectivity index (χ4n) is 5.49. The number of phenolic OH excluding ortho intramolecular Hbond substituents is 1. The van der Waals surface area contributed by atoms with E-state index in [0.29, 0.717) is 11.8 Å². The lowest BCUT2D eigenvalue weighted by Crippen LogP contribution is -2.59. The minimum absolute atomic E-state index is 0.0762. The van der Waals surface area contributed by atoms with Gasteiger partial charge in [-0.15, -0.1) is 0 Å². The molecule has 2 aliphatic rings. The molecule has 1 aliphatic carbocycles. The second kappa shape index (κ2) is 11.3. The molecule has 0 radical (unpaired) electrons. The zero-order valence-electron chi connectivity index (χ0n) is 22.1.